The van der Waals surface area contributed by atoms with Gasteiger partial charge in [-0.25, -0.2) is 4.39 Å². The van der Waals surface area contributed by atoms with Crippen molar-refractivity contribution in [3.05, 3.63) is 94.3 Å². The summed E-state index contributed by atoms with van der Waals surface area (Å²) in [6.07, 6.45) is 0.585. The SMILES string of the molecule is COc1ccc(Cc2ccc(F)cc2)cc1C(=O)Nc1cccc(Cl)c1. The maximum Gasteiger partial charge on any atom is 0.259 e. The van der Waals surface area contributed by atoms with E-state index in [-0.39, 0.29) is 11.7 Å². The molecule has 0 aliphatic rings. The highest BCUT2D eigenvalue weighted by Gasteiger charge is 2.14. The van der Waals surface area contributed by atoms with E-state index < -0.39 is 0 Å². The minimum Gasteiger partial charge on any atom is -0.496 e. The van der Waals surface area contributed by atoms with Gasteiger partial charge < -0.3 is 10.1 Å². The van der Waals surface area contributed by atoms with E-state index in [0.29, 0.717) is 28.4 Å². The first-order chi connectivity index (χ1) is 12.5. The van der Waals surface area contributed by atoms with E-state index in [2.05, 4.69) is 5.32 Å². The molecular formula is C21H17ClFNO2. The fourth-order valence-electron chi connectivity index (χ4n) is 2.65. The van der Waals surface area contributed by atoms with Crippen LogP contribution in [0, 0.1) is 5.82 Å². The molecule has 132 valence electrons. The molecule has 1 N–H and O–H groups in total. The van der Waals surface area contributed by atoms with Crippen molar-refractivity contribution >= 4 is 23.2 Å². The van der Waals surface area contributed by atoms with Gasteiger partial charge in [-0.1, -0.05) is 35.9 Å². The molecule has 0 bridgehead atoms. The number of methoxy groups -OCH3 is 1. The van der Waals surface area contributed by atoms with Crippen molar-refractivity contribution in [1.82, 2.24) is 0 Å². The first-order valence-electron chi connectivity index (χ1n) is 8.03. The van der Waals surface area contributed by atoms with Crippen molar-refractivity contribution in [1.29, 1.82) is 0 Å². The van der Waals surface area contributed by atoms with E-state index in [9.17, 15) is 9.18 Å². The van der Waals surface area contributed by atoms with Crippen molar-refractivity contribution in [2.45, 2.75) is 6.42 Å². The standard InChI is InChI=1S/C21H17ClFNO2/c1-26-20-10-7-15(11-14-5-8-17(23)9-6-14)12-19(20)21(25)24-18-4-2-3-16(22)13-18/h2-10,12-13H,11H2,1H3,(H,24,25). The van der Waals surface area contributed by atoms with Crippen molar-refractivity contribution in [2.75, 3.05) is 12.4 Å². The number of benzene rings is 3. The molecular weight excluding hydrogens is 353 g/mol. The first-order valence-corrected chi connectivity index (χ1v) is 8.41. The van der Waals surface area contributed by atoms with Gasteiger partial charge in [0.25, 0.3) is 5.91 Å². The normalized spacial score (nSPS) is 10.4. The Labute approximate surface area is 156 Å². The highest BCUT2D eigenvalue weighted by atomic mass is 35.5. The number of rotatable bonds is 5. The smallest absolute Gasteiger partial charge is 0.259 e. The van der Waals surface area contributed by atoms with Crippen LogP contribution in [0.2, 0.25) is 5.02 Å². The van der Waals surface area contributed by atoms with Crippen LogP contribution in [-0.4, -0.2) is 13.0 Å². The number of carbonyl (C=O) groups is 1. The molecule has 1 amide bonds. The van der Waals surface area contributed by atoms with Crippen LogP contribution < -0.4 is 10.1 Å². The minimum atomic E-state index is -0.287. The van der Waals surface area contributed by atoms with E-state index in [0.717, 1.165) is 11.1 Å². The molecule has 3 aromatic rings. The van der Waals surface area contributed by atoms with Crippen molar-refractivity contribution in [3.63, 3.8) is 0 Å². The van der Waals surface area contributed by atoms with Gasteiger partial charge in [0.2, 0.25) is 0 Å². The lowest BCUT2D eigenvalue weighted by atomic mass is 10.0. The van der Waals surface area contributed by atoms with Crippen LogP contribution in [-0.2, 0) is 6.42 Å². The van der Waals surface area contributed by atoms with E-state index in [1.54, 1.807) is 48.5 Å². The van der Waals surface area contributed by atoms with Gasteiger partial charge in [-0.15, -0.1) is 0 Å². The third kappa shape index (κ3) is 4.41. The summed E-state index contributed by atoms with van der Waals surface area (Å²) in [6, 6.07) is 18.7. The molecule has 0 saturated heterocycles. The second-order valence-corrected chi connectivity index (χ2v) is 6.24. The van der Waals surface area contributed by atoms with Crippen LogP contribution in [0.3, 0.4) is 0 Å². The average Bonchev–Trinajstić information content (AvgIpc) is 2.63. The lowest BCUT2D eigenvalue weighted by Gasteiger charge is -2.12. The van der Waals surface area contributed by atoms with Gasteiger partial charge in [0.1, 0.15) is 11.6 Å². The lowest BCUT2D eigenvalue weighted by Crippen LogP contribution is -2.13. The number of ether oxygens (including phenoxy) is 1. The maximum absolute atomic E-state index is 13.1. The lowest BCUT2D eigenvalue weighted by molar-refractivity contribution is 0.102. The minimum absolute atomic E-state index is 0.273. The predicted octanol–water partition coefficient (Wildman–Crippen LogP) is 5.33. The molecule has 3 nitrogen and oxygen atoms in total. The molecule has 0 spiro atoms. The predicted molar refractivity (Wildman–Crippen MR) is 102 cm³/mol. The molecule has 0 aromatic heterocycles. The number of hydrogen-bond acceptors (Lipinski definition) is 2. The summed E-state index contributed by atoms with van der Waals surface area (Å²) in [5.74, 6) is -0.0810. The van der Waals surface area contributed by atoms with Crippen LogP contribution >= 0.6 is 11.6 Å². The van der Waals surface area contributed by atoms with Gasteiger partial charge in [-0.05, 0) is 60.0 Å². The van der Waals surface area contributed by atoms with Gasteiger partial charge in [0.15, 0.2) is 0 Å². The summed E-state index contributed by atoms with van der Waals surface area (Å²) in [5.41, 5.74) is 2.91. The number of nitrogens with one attached hydrogen (secondary N) is 1. The van der Waals surface area contributed by atoms with E-state index in [4.69, 9.17) is 16.3 Å². The van der Waals surface area contributed by atoms with E-state index in [1.807, 2.05) is 6.07 Å². The number of hydrogen-bond donors (Lipinski definition) is 1. The Morgan fingerprint density at radius 2 is 1.77 bits per heavy atom. The Kier molecular flexibility index (Phi) is 5.54. The highest BCUT2D eigenvalue weighted by Crippen LogP contribution is 2.24. The third-order valence-electron chi connectivity index (χ3n) is 3.91. The fraction of sp³-hybridized carbons (Fsp3) is 0.0952. The number of carbonyl (C=O) groups excluding carboxylic acids is 1. The van der Waals surface area contributed by atoms with E-state index >= 15 is 0 Å². The summed E-state index contributed by atoms with van der Waals surface area (Å²) < 4.78 is 18.4. The second kappa shape index (κ2) is 8.02. The molecule has 0 aliphatic carbocycles. The van der Waals surface area contributed by atoms with Gasteiger partial charge in [0, 0.05) is 10.7 Å². The molecule has 0 atom stereocenters. The average molecular weight is 370 g/mol. The number of halogens is 2. The maximum atomic E-state index is 13.1. The van der Waals surface area contributed by atoms with Gasteiger partial charge in [-0.3, -0.25) is 4.79 Å². The summed E-state index contributed by atoms with van der Waals surface area (Å²) in [5, 5.41) is 3.36. The first kappa shape index (κ1) is 18.0. The summed E-state index contributed by atoms with van der Waals surface area (Å²) in [7, 11) is 1.52. The van der Waals surface area contributed by atoms with Gasteiger partial charge in [-0.2, -0.15) is 0 Å². The van der Waals surface area contributed by atoms with E-state index in [1.165, 1.54) is 19.2 Å². The monoisotopic (exact) mass is 369 g/mol. The Bertz CT molecular complexity index is 926. The Morgan fingerprint density at radius 1 is 1.04 bits per heavy atom. The summed E-state index contributed by atoms with van der Waals surface area (Å²) in [4.78, 5) is 12.7. The third-order valence-corrected chi connectivity index (χ3v) is 4.15. The van der Waals surface area contributed by atoms with Crippen LogP contribution in [0.15, 0.2) is 66.7 Å². The largest absolute Gasteiger partial charge is 0.496 e. The van der Waals surface area contributed by atoms with Crippen LogP contribution in [0.1, 0.15) is 21.5 Å². The highest BCUT2D eigenvalue weighted by molar-refractivity contribution is 6.31. The summed E-state index contributed by atoms with van der Waals surface area (Å²) in [6.45, 7) is 0. The zero-order chi connectivity index (χ0) is 18.5. The zero-order valence-corrected chi connectivity index (χ0v) is 14.9. The topological polar surface area (TPSA) is 38.3 Å². The number of amides is 1. The molecule has 3 rings (SSSR count). The molecule has 26 heavy (non-hydrogen) atoms. The Morgan fingerprint density at radius 3 is 2.46 bits per heavy atom. The van der Waals surface area contributed by atoms with Crippen LogP contribution in [0.25, 0.3) is 0 Å². The summed E-state index contributed by atoms with van der Waals surface area (Å²) >= 11 is 5.96. The molecule has 5 heteroatoms. The Hall–Kier alpha value is -2.85. The fourth-order valence-corrected chi connectivity index (χ4v) is 2.84. The van der Waals surface area contributed by atoms with Crippen LogP contribution in [0.5, 0.6) is 5.75 Å². The quantitative estimate of drug-likeness (QED) is 0.660. The molecule has 0 fully saturated rings. The van der Waals surface area contributed by atoms with Crippen molar-refractivity contribution < 1.29 is 13.9 Å². The number of anilines is 1. The molecule has 0 aliphatic heterocycles. The van der Waals surface area contributed by atoms with Gasteiger partial charge in [0.05, 0.1) is 12.7 Å². The van der Waals surface area contributed by atoms with Crippen molar-refractivity contribution in [2.24, 2.45) is 0 Å². The molecule has 0 unspecified atom stereocenters. The van der Waals surface area contributed by atoms with Crippen LogP contribution in [0.4, 0.5) is 10.1 Å². The second-order valence-electron chi connectivity index (χ2n) is 5.80. The zero-order valence-electron chi connectivity index (χ0n) is 14.1. The Balaban J connectivity index is 1.84. The molecule has 0 heterocycles. The molecule has 0 radical (unpaired) electrons. The van der Waals surface area contributed by atoms with Crippen molar-refractivity contribution in [3.8, 4) is 5.75 Å². The van der Waals surface area contributed by atoms with Gasteiger partial charge >= 0.3 is 0 Å². The molecule has 0 saturated carbocycles. The molecule has 3 aromatic carbocycles.